The molecular formula is C14H14BrN3O. The molecule has 1 aromatic carbocycles. The fraction of sp³-hybridized carbons (Fsp3) is 0.143. The zero-order chi connectivity index (χ0) is 13.8. The average molecular weight is 320 g/mol. The van der Waals surface area contributed by atoms with Gasteiger partial charge in [0.15, 0.2) is 0 Å². The first-order valence-corrected chi connectivity index (χ1v) is 6.61. The lowest BCUT2D eigenvalue weighted by Gasteiger charge is -2.08. The van der Waals surface area contributed by atoms with Crippen LogP contribution in [0.3, 0.4) is 0 Å². The van der Waals surface area contributed by atoms with Gasteiger partial charge >= 0.3 is 0 Å². The summed E-state index contributed by atoms with van der Waals surface area (Å²) in [5.41, 5.74) is 8.73. The van der Waals surface area contributed by atoms with Gasteiger partial charge in [0.05, 0.1) is 10.0 Å². The van der Waals surface area contributed by atoms with Crippen LogP contribution in [0.1, 0.15) is 21.6 Å². The Hall–Kier alpha value is -1.88. The lowest BCUT2D eigenvalue weighted by Crippen LogP contribution is -2.23. The number of benzene rings is 1. The zero-order valence-electron chi connectivity index (χ0n) is 10.5. The van der Waals surface area contributed by atoms with Crippen LogP contribution in [0.15, 0.2) is 41.0 Å². The molecule has 5 heteroatoms. The Morgan fingerprint density at radius 1 is 1.37 bits per heavy atom. The van der Waals surface area contributed by atoms with Gasteiger partial charge in [-0.05, 0) is 46.6 Å². The van der Waals surface area contributed by atoms with Crippen molar-refractivity contribution >= 4 is 27.5 Å². The summed E-state index contributed by atoms with van der Waals surface area (Å²) in [6.45, 7) is 2.36. The fourth-order valence-corrected chi connectivity index (χ4v) is 2.05. The van der Waals surface area contributed by atoms with Crippen LogP contribution in [0.2, 0.25) is 0 Å². The molecule has 0 radical (unpaired) electrons. The Labute approximate surface area is 120 Å². The van der Waals surface area contributed by atoms with Crippen molar-refractivity contribution in [3.05, 3.63) is 57.8 Å². The van der Waals surface area contributed by atoms with Crippen molar-refractivity contribution < 1.29 is 4.79 Å². The topological polar surface area (TPSA) is 68.0 Å². The summed E-state index contributed by atoms with van der Waals surface area (Å²) in [7, 11) is 0. The van der Waals surface area contributed by atoms with Gasteiger partial charge in [0, 0.05) is 24.1 Å². The lowest BCUT2D eigenvalue weighted by atomic mass is 10.2. The summed E-state index contributed by atoms with van der Waals surface area (Å²) in [4.78, 5) is 16.2. The molecule has 0 bridgehead atoms. The van der Waals surface area contributed by atoms with Crippen molar-refractivity contribution in [2.45, 2.75) is 13.5 Å². The van der Waals surface area contributed by atoms with Crippen LogP contribution in [0.25, 0.3) is 0 Å². The summed E-state index contributed by atoms with van der Waals surface area (Å²) in [5, 5.41) is 2.84. The summed E-state index contributed by atoms with van der Waals surface area (Å²) >= 11 is 3.32. The first-order valence-electron chi connectivity index (χ1n) is 5.81. The molecule has 0 atom stereocenters. The molecule has 1 heterocycles. The quantitative estimate of drug-likeness (QED) is 0.855. The van der Waals surface area contributed by atoms with Crippen LogP contribution in [0.5, 0.6) is 0 Å². The zero-order valence-corrected chi connectivity index (χ0v) is 12.1. The second-order valence-electron chi connectivity index (χ2n) is 4.20. The van der Waals surface area contributed by atoms with Crippen molar-refractivity contribution in [1.29, 1.82) is 0 Å². The van der Waals surface area contributed by atoms with Gasteiger partial charge in [0.2, 0.25) is 0 Å². The Morgan fingerprint density at radius 3 is 2.84 bits per heavy atom. The highest BCUT2D eigenvalue weighted by Crippen LogP contribution is 2.23. The van der Waals surface area contributed by atoms with E-state index >= 15 is 0 Å². The minimum Gasteiger partial charge on any atom is -0.398 e. The largest absolute Gasteiger partial charge is 0.398 e. The van der Waals surface area contributed by atoms with Crippen molar-refractivity contribution in [2.75, 3.05) is 5.73 Å². The van der Waals surface area contributed by atoms with Crippen molar-refractivity contribution in [3.63, 3.8) is 0 Å². The standard InChI is InChI=1S/C14H14BrN3O/c1-9-5-6-10(7-17-9)8-18-14(19)11-3-2-4-12(16)13(11)15/h2-7H,8,16H2,1H3,(H,18,19). The summed E-state index contributed by atoms with van der Waals surface area (Å²) in [6.07, 6.45) is 1.75. The molecule has 1 aromatic heterocycles. The van der Waals surface area contributed by atoms with E-state index in [0.717, 1.165) is 11.3 Å². The van der Waals surface area contributed by atoms with E-state index in [1.165, 1.54) is 0 Å². The van der Waals surface area contributed by atoms with Crippen molar-refractivity contribution in [3.8, 4) is 0 Å². The number of carbonyl (C=O) groups excluding carboxylic acids is 1. The first-order chi connectivity index (χ1) is 9.08. The minimum atomic E-state index is -0.167. The number of pyridine rings is 1. The van der Waals surface area contributed by atoms with Crippen molar-refractivity contribution in [2.24, 2.45) is 0 Å². The number of anilines is 1. The molecule has 0 aliphatic rings. The smallest absolute Gasteiger partial charge is 0.252 e. The highest BCUT2D eigenvalue weighted by Gasteiger charge is 2.11. The SMILES string of the molecule is Cc1ccc(CNC(=O)c2cccc(N)c2Br)cn1. The summed E-state index contributed by atoms with van der Waals surface area (Å²) in [6, 6.07) is 9.07. The monoisotopic (exact) mass is 319 g/mol. The number of nitrogens with one attached hydrogen (secondary N) is 1. The van der Waals surface area contributed by atoms with Gasteiger partial charge in [-0.2, -0.15) is 0 Å². The van der Waals surface area contributed by atoms with Crippen LogP contribution in [-0.4, -0.2) is 10.9 Å². The highest BCUT2D eigenvalue weighted by molar-refractivity contribution is 9.10. The molecule has 0 unspecified atom stereocenters. The minimum absolute atomic E-state index is 0.167. The van der Waals surface area contributed by atoms with Gasteiger partial charge in [0.25, 0.3) is 5.91 Å². The predicted octanol–water partition coefficient (Wildman–Crippen LogP) is 2.66. The molecule has 1 amide bonds. The van der Waals surface area contributed by atoms with Gasteiger partial charge < -0.3 is 11.1 Å². The molecule has 4 nitrogen and oxygen atoms in total. The summed E-state index contributed by atoms with van der Waals surface area (Å²) in [5.74, 6) is -0.167. The maximum Gasteiger partial charge on any atom is 0.252 e. The molecule has 3 N–H and O–H groups in total. The molecule has 2 aromatic rings. The Kier molecular flexibility index (Phi) is 4.16. The van der Waals surface area contributed by atoms with E-state index in [-0.39, 0.29) is 5.91 Å². The number of rotatable bonds is 3. The van der Waals surface area contributed by atoms with E-state index in [2.05, 4.69) is 26.2 Å². The number of aryl methyl sites for hydroxylation is 1. The van der Waals surface area contributed by atoms with Gasteiger partial charge in [-0.1, -0.05) is 12.1 Å². The molecule has 0 aliphatic heterocycles. The molecule has 0 saturated heterocycles. The molecule has 0 saturated carbocycles. The van der Waals surface area contributed by atoms with Crippen LogP contribution in [0.4, 0.5) is 5.69 Å². The average Bonchev–Trinajstić information content (AvgIpc) is 2.41. The van der Waals surface area contributed by atoms with Crippen LogP contribution >= 0.6 is 15.9 Å². The molecule has 0 fully saturated rings. The third-order valence-electron chi connectivity index (χ3n) is 2.70. The van der Waals surface area contributed by atoms with Gasteiger partial charge in [-0.15, -0.1) is 0 Å². The Morgan fingerprint density at radius 2 is 2.16 bits per heavy atom. The Balaban J connectivity index is 2.05. The van der Waals surface area contributed by atoms with Crippen molar-refractivity contribution in [1.82, 2.24) is 10.3 Å². The van der Waals surface area contributed by atoms with Gasteiger partial charge in [-0.25, -0.2) is 0 Å². The fourth-order valence-electron chi connectivity index (χ4n) is 1.61. The second-order valence-corrected chi connectivity index (χ2v) is 4.99. The molecule has 19 heavy (non-hydrogen) atoms. The molecule has 98 valence electrons. The Bertz CT molecular complexity index is 596. The highest BCUT2D eigenvalue weighted by atomic mass is 79.9. The normalized spacial score (nSPS) is 10.2. The third-order valence-corrected chi connectivity index (χ3v) is 3.58. The summed E-state index contributed by atoms with van der Waals surface area (Å²) < 4.78 is 0.620. The van der Waals surface area contributed by atoms with Crippen LogP contribution < -0.4 is 11.1 Å². The predicted molar refractivity (Wildman–Crippen MR) is 78.7 cm³/mol. The van der Waals surface area contributed by atoms with E-state index in [1.807, 2.05) is 19.1 Å². The number of hydrogen-bond acceptors (Lipinski definition) is 3. The molecular weight excluding hydrogens is 306 g/mol. The van der Waals surface area contributed by atoms with Crippen LogP contribution in [-0.2, 0) is 6.54 Å². The lowest BCUT2D eigenvalue weighted by molar-refractivity contribution is 0.0950. The van der Waals surface area contributed by atoms with Crippen LogP contribution in [0, 0.1) is 6.92 Å². The number of amides is 1. The van der Waals surface area contributed by atoms with Gasteiger partial charge in [0.1, 0.15) is 0 Å². The van der Waals surface area contributed by atoms with E-state index in [4.69, 9.17) is 5.73 Å². The maximum absolute atomic E-state index is 12.0. The number of nitrogen functional groups attached to an aromatic ring is 1. The van der Waals surface area contributed by atoms with Gasteiger partial charge in [-0.3, -0.25) is 9.78 Å². The molecule has 2 rings (SSSR count). The number of nitrogens with two attached hydrogens (primary N) is 1. The molecule has 0 aliphatic carbocycles. The number of halogens is 1. The first kappa shape index (κ1) is 13.5. The maximum atomic E-state index is 12.0. The molecule has 0 spiro atoms. The number of aromatic nitrogens is 1. The number of nitrogens with zero attached hydrogens (tertiary/aromatic N) is 1. The van der Waals surface area contributed by atoms with E-state index in [9.17, 15) is 4.79 Å². The number of carbonyl (C=O) groups is 1. The second kappa shape index (κ2) is 5.84. The number of hydrogen-bond donors (Lipinski definition) is 2. The third kappa shape index (κ3) is 3.32. The van der Waals surface area contributed by atoms with E-state index < -0.39 is 0 Å². The van der Waals surface area contributed by atoms with E-state index in [0.29, 0.717) is 22.3 Å². The van der Waals surface area contributed by atoms with E-state index in [1.54, 1.807) is 24.4 Å².